The number of hydrogen-bond acceptors (Lipinski definition) is 5. The van der Waals surface area contributed by atoms with Crippen LogP contribution >= 0.6 is 0 Å². The van der Waals surface area contributed by atoms with Gasteiger partial charge in [-0.1, -0.05) is 6.92 Å². The van der Waals surface area contributed by atoms with Gasteiger partial charge in [-0.25, -0.2) is 0 Å². The average molecular weight is 225 g/mol. The molecule has 2 rings (SSSR count). The van der Waals surface area contributed by atoms with Crippen molar-refractivity contribution in [3.05, 3.63) is 12.0 Å². The van der Waals surface area contributed by atoms with E-state index < -0.39 is 0 Å². The predicted molar refractivity (Wildman–Crippen MR) is 61.5 cm³/mol. The monoisotopic (exact) mass is 225 g/mol. The minimum absolute atomic E-state index is 0.721. The lowest BCUT2D eigenvalue weighted by Gasteiger charge is -2.16. The van der Waals surface area contributed by atoms with Crippen molar-refractivity contribution in [3.63, 3.8) is 0 Å². The molecule has 5 nitrogen and oxygen atoms in total. The molecule has 1 aromatic rings. The molecule has 1 fully saturated rings. The molecule has 5 heteroatoms. The Kier molecular flexibility index (Phi) is 4.18. The summed E-state index contributed by atoms with van der Waals surface area (Å²) >= 11 is 0. The summed E-state index contributed by atoms with van der Waals surface area (Å²) in [5.41, 5.74) is 0.960. The van der Waals surface area contributed by atoms with Gasteiger partial charge in [0, 0.05) is 26.2 Å². The van der Waals surface area contributed by atoms with Gasteiger partial charge in [-0.15, -0.1) is 0 Å². The van der Waals surface area contributed by atoms with E-state index in [0.29, 0.717) is 0 Å². The van der Waals surface area contributed by atoms with Crippen LogP contribution in [0.15, 0.2) is 10.7 Å². The van der Waals surface area contributed by atoms with Crippen molar-refractivity contribution in [3.8, 4) is 0 Å². The highest BCUT2D eigenvalue weighted by Gasteiger charge is 2.14. The van der Waals surface area contributed by atoms with E-state index in [1.165, 1.54) is 0 Å². The van der Waals surface area contributed by atoms with E-state index in [0.717, 1.165) is 57.5 Å². The second-order valence-corrected chi connectivity index (χ2v) is 3.85. The number of hydrogen-bond donors (Lipinski definition) is 1. The number of ether oxygens (including phenoxy) is 1. The third-order valence-corrected chi connectivity index (χ3v) is 2.59. The molecule has 0 atom stereocenters. The van der Waals surface area contributed by atoms with Crippen LogP contribution in [0, 0.1) is 0 Å². The van der Waals surface area contributed by atoms with Gasteiger partial charge in [-0.3, -0.25) is 0 Å². The van der Waals surface area contributed by atoms with Crippen LogP contribution in [0.25, 0.3) is 0 Å². The van der Waals surface area contributed by atoms with E-state index in [-0.39, 0.29) is 0 Å². The first-order valence-corrected chi connectivity index (χ1v) is 5.88. The molecule has 16 heavy (non-hydrogen) atoms. The summed E-state index contributed by atoms with van der Waals surface area (Å²) in [6.45, 7) is 7.20. The van der Waals surface area contributed by atoms with Crippen LogP contribution in [0.2, 0.25) is 0 Å². The van der Waals surface area contributed by atoms with Crippen LogP contribution in [0.1, 0.15) is 19.0 Å². The number of aromatic nitrogens is 1. The molecule has 0 aliphatic carbocycles. The van der Waals surface area contributed by atoms with Crippen molar-refractivity contribution in [2.45, 2.75) is 19.9 Å². The zero-order valence-electron chi connectivity index (χ0n) is 9.74. The van der Waals surface area contributed by atoms with Crippen molar-refractivity contribution in [2.24, 2.45) is 0 Å². The molecule has 0 saturated carbocycles. The Balaban J connectivity index is 1.94. The molecule has 1 aromatic heterocycles. The standard InChI is InChI=1S/C11H19N3O2/c1-2-12-8-10-9-16-11(13-10)14-4-3-6-15-7-5-14/h9,12H,2-8H2,1H3. The predicted octanol–water partition coefficient (Wildman–Crippen LogP) is 1.01. The molecule has 0 unspecified atom stereocenters. The fraction of sp³-hybridized carbons (Fsp3) is 0.727. The smallest absolute Gasteiger partial charge is 0.297 e. The van der Waals surface area contributed by atoms with E-state index in [9.17, 15) is 0 Å². The Morgan fingerprint density at radius 1 is 1.44 bits per heavy atom. The summed E-state index contributed by atoms with van der Waals surface area (Å²) in [7, 11) is 0. The minimum Gasteiger partial charge on any atom is -0.432 e. The number of rotatable bonds is 4. The van der Waals surface area contributed by atoms with Gasteiger partial charge in [0.1, 0.15) is 6.26 Å². The highest BCUT2D eigenvalue weighted by Crippen LogP contribution is 2.15. The first kappa shape index (κ1) is 11.4. The van der Waals surface area contributed by atoms with Gasteiger partial charge >= 0.3 is 0 Å². The molecule has 0 spiro atoms. The molecule has 1 aliphatic rings. The summed E-state index contributed by atoms with van der Waals surface area (Å²) in [5, 5.41) is 3.23. The average Bonchev–Trinajstić information content (AvgIpc) is 2.60. The van der Waals surface area contributed by atoms with Crippen LogP contribution in [0.5, 0.6) is 0 Å². The lowest BCUT2D eigenvalue weighted by atomic mass is 10.4. The van der Waals surface area contributed by atoms with Crippen LogP contribution in [-0.4, -0.2) is 37.8 Å². The van der Waals surface area contributed by atoms with Gasteiger partial charge in [0.15, 0.2) is 0 Å². The summed E-state index contributed by atoms with van der Waals surface area (Å²) in [6.07, 6.45) is 2.76. The van der Waals surface area contributed by atoms with Gasteiger partial charge in [0.05, 0.1) is 12.3 Å². The van der Waals surface area contributed by atoms with E-state index in [1.807, 2.05) is 0 Å². The van der Waals surface area contributed by atoms with Crippen molar-refractivity contribution < 1.29 is 9.15 Å². The lowest BCUT2D eigenvalue weighted by Crippen LogP contribution is -2.26. The molecule has 1 N–H and O–H groups in total. The Labute approximate surface area is 95.8 Å². The zero-order chi connectivity index (χ0) is 11.2. The minimum atomic E-state index is 0.721. The Hall–Kier alpha value is -1.07. The topological polar surface area (TPSA) is 50.5 Å². The first-order chi connectivity index (χ1) is 7.90. The Morgan fingerprint density at radius 2 is 2.38 bits per heavy atom. The summed E-state index contributed by atoms with van der Waals surface area (Å²) in [6, 6.07) is 0.721. The number of nitrogens with one attached hydrogen (secondary N) is 1. The molecule has 2 heterocycles. The summed E-state index contributed by atoms with van der Waals surface area (Å²) < 4.78 is 10.9. The van der Waals surface area contributed by atoms with Gasteiger partial charge in [0.2, 0.25) is 0 Å². The van der Waals surface area contributed by atoms with Crippen molar-refractivity contribution in [1.82, 2.24) is 10.3 Å². The normalized spacial score (nSPS) is 17.4. The van der Waals surface area contributed by atoms with Crippen LogP contribution in [0.4, 0.5) is 6.01 Å². The number of oxazole rings is 1. The van der Waals surface area contributed by atoms with Crippen LogP contribution < -0.4 is 10.2 Å². The molecular weight excluding hydrogens is 206 g/mol. The molecular formula is C11H19N3O2. The Morgan fingerprint density at radius 3 is 3.25 bits per heavy atom. The molecule has 0 radical (unpaired) electrons. The van der Waals surface area contributed by atoms with E-state index in [4.69, 9.17) is 9.15 Å². The van der Waals surface area contributed by atoms with E-state index in [1.54, 1.807) is 6.26 Å². The highest BCUT2D eigenvalue weighted by atomic mass is 16.5. The fourth-order valence-corrected chi connectivity index (χ4v) is 1.71. The first-order valence-electron chi connectivity index (χ1n) is 5.88. The largest absolute Gasteiger partial charge is 0.432 e. The quantitative estimate of drug-likeness (QED) is 0.828. The number of nitrogens with zero attached hydrogens (tertiary/aromatic N) is 2. The highest BCUT2D eigenvalue weighted by molar-refractivity contribution is 5.26. The number of anilines is 1. The maximum absolute atomic E-state index is 5.48. The molecule has 90 valence electrons. The lowest BCUT2D eigenvalue weighted by molar-refractivity contribution is 0.152. The third kappa shape index (κ3) is 2.96. The maximum atomic E-state index is 5.48. The molecule has 1 aliphatic heterocycles. The van der Waals surface area contributed by atoms with Crippen molar-refractivity contribution >= 4 is 6.01 Å². The van der Waals surface area contributed by atoms with Crippen LogP contribution in [0.3, 0.4) is 0 Å². The van der Waals surface area contributed by atoms with Gasteiger partial charge in [0.25, 0.3) is 6.01 Å². The molecule has 0 aromatic carbocycles. The van der Waals surface area contributed by atoms with Crippen LogP contribution in [-0.2, 0) is 11.3 Å². The van der Waals surface area contributed by atoms with Crippen molar-refractivity contribution in [2.75, 3.05) is 37.7 Å². The second-order valence-electron chi connectivity index (χ2n) is 3.85. The fourth-order valence-electron chi connectivity index (χ4n) is 1.71. The molecule has 0 amide bonds. The van der Waals surface area contributed by atoms with E-state index in [2.05, 4.69) is 22.1 Å². The van der Waals surface area contributed by atoms with Crippen molar-refractivity contribution in [1.29, 1.82) is 0 Å². The third-order valence-electron chi connectivity index (χ3n) is 2.59. The maximum Gasteiger partial charge on any atom is 0.297 e. The van der Waals surface area contributed by atoms with Gasteiger partial charge < -0.3 is 19.4 Å². The molecule has 1 saturated heterocycles. The van der Waals surface area contributed by atoms with E-state index >= 15 is 0 Å². The summed E-state index contributed by atoms with van der Waals surface area (Å²) in [5.74, 6) is 0. The zero-order valence-corrected chi connectivity index (χ0v) is 9.74. The SMILES string of the molecule is CCNCc1coc(N2CCCOCC2)n1. The Bertz CT molecular complexity index is 306. The summed E-state index contributed by atoms with van der Waals surface area (Å²) in [4.78, 5) is 6.60. The van der Waals surface area contributed by atoms with Gasteiger partial charge in [-0.2, -0.15) is 4.98 Å². The second kappa shape index (κ2) is 5.86. The van der Waals surface area contributed by atoms with Gasteiger partial charge in [-0.05, 0) is 13.0 Å². The molecule has 0 bridgehead atoms.